The molecule has 0 unspecified atom stereocenters. The number of ketones is 1. The van der Waals surface area contributed by atoms with Gasteiger partial charge in [0.2, 0.25) is 0 Å². The Morgan fingerprint density at radius 3 is 2.50 bits per heavy atom. The van der Waals surface area contributed by atoms with Crippen molar-refractivity contribution in [2.24, 2.45) is 40.4 Å². The van der Waals surface area contributed by atoms with Gasteiger partial charge >= 0.3 is 5.97 Å². The quantitative estimate of drug-likeness (QED) is 0.669. The van der Waals surface area contributed by atoms with Crippen LogP contribution in [0.15, 0.2) is 0 Å². The maximum atomic E-state index is 12.3. The molecule has 0 bridgehead atoms. The van der Waals surface area contributed by atoms with Crippen molar-refractivity contribution in [1.82, 2.24) is 0 Å². The molecule has 0 amide bonds. The Kier molecular flexibility index (Phi) is 3.85. The Morgan fingerprint density at radius 1 is 1.00 bits per heavy atom. The van der Waals surface area contributed by atoms with Gasteiger partial charge in [0.25, 0.3) is 0 Å². The van der Waals surface area contributed by atoms with E-state index in [1.807, 2.05) is 0 Å². The minimum atomic E-state index is 0.0154. The number of carbonyl (C=O) groups excluding carboxylic acids is 2. The maximum Gasteiger partial charge on any atom is 0.309 e. The molecule has 0 aliphatic heterocycles. The summed E-state index contributed by atoms with van der Waals surface area (Å²) in [5.74, 6) is 3.42. The molecule has 4 saturated carbocycles. The average molecular weight is 332 g/mol. The molecule has 0 heterocycles. The van der Waals surface area contributed by atoms with Gasteiger partial charge in [0.15, 0.2) is 0 Å². The van der Waals surface area contributed by atoms with E-state index in [0.717, 1.165) is 43.9 Å². The zero-order chi connectivity index (χ0) is 17.1. The molecular weight excluding hydrogens is 300 g/mol. The van der Waals surface area contributed by atoms with Gasteiger partial charge in [-0.3, -0.25) is 9.59 Å². The number of fused-ring (bicyclic) bond motifs is 5. The summed E-state index contributed by atoms with van der Waals surface area (Å²) in [6, 6.07) is 0. The summed E-state index contributed by atoms with van der Waals surface area (Å²) < 4.78 is 5.13. The van der Waals surface area contributed by atoms with E-state index >= 15 is 0 Å². The molecule has 0 spiro atoms. The second kappa shape index (κ2) is 5.57. The van der Waals surface area contributed by atoms with Gasteiger partial charge in [-0.25, -0.2) is 0 Å². The first-order valence-corrected chi connectivity index (χ1v) is 9.99. The predicted molar refractivity (Wildman–Crippen MR) is 92.2 cm³/mol. The molecule has 24 heavy (non-hydrogen) atoms. The van der Waals surface area contributed by atoms with E-state index in [1.54, 1.807) is 0 Å². The van der Waals surface area contributed by atoms with Crippen molar-refractivity contribution in [1.29, 1.82) is 0 Å². The highest BCUT2D eigenvalue weighted by atomic mass is 16.5. The summed E-state index contributed by atoms with van der Waals surface area (Å²) in [7, 11) is 1.54. The molecule has 7 atom stereocenters. The second-order valence-corrected chi connectivity index (χ2v) is 9.60. The summed E-state index contributed by atoms with van der Waals surface area (Å²) in [5.41, 5.74) is 0.503. The molecule has 0 radical (unpaired) electrons. The standard InChI is InChI=1S/C21H32O3/c1-20-10-8-14(22)12-13(20)4-5-15-16-6-7-18(19(23)24-3)21(16,2)11-9-17(15)20/h13,15-18H,4-12H2,1-3H3/t13-,15-,16+,17-,18-,20-,21-/m0/s1. The van der Waals surface area contributed by atoms with Crippen molar-refractivity contribution < 1.29 is 14.3 Å². The fourth-order valence-electron chi connectivity index (χ4n) is 7.57. The smallest absolute Gasteiger partial charge is 0.309 e. The van der Waals surface area contributed by atoms with Crippen molar-refractivity contribution >= 4 is 11.8 Å². The van der Waals surface area contributed by atoms with Crippen molar-refractivity contribution in [3.8, 4) is 0 Å². The first kappa shape index (κ1) is 16.6. The number of methoxy groups -OCH3 is 1. The number of ether oxygens (including phenoxy) is 1. The Morgan fingerprint density at radius 2 is 1.75 bits per heavy atom. The Balaban J connectivity index is 1.61. The van der Waals surface area contributed by atoms with Crippen molar-refractivity contribution in [2.75, 3.05) is 7.11 Å². The topological polar surface area (TPSA) is 43.4 Å². The third-order valence-electron chi connectivity index (χ3n) is 8.97. The minimum absolute atomic E-state index is 0.0154. The Hall–Kier alpha value is -0.860. The van der Waals surface area contributed by atoms with Gasteiger partial charge in [0.05, 0.1) is 13.0 Å². The van der Waals surface area contributed by atoms with Crippen molar-refractivity contribution in [2.45, 2.75) is 71.6 Å². The molecular formula is C21H32O3. The Labute approximate surface area is 145 Å². The van der Waals surface area contributed by atoms with Crippen LogP contribution < -0.4 is 0 Å². The Bertz CT molecular complexity index is 555. The molecule has 0 aromatic carbocycles. The summed E-state index contributed by atoms with van der Waals surface area (Å²) >= 11 is 0. The van der Waals surface area contributed by atoms with E-state index in [9.17, 15) is 9.59 Å². The summed E-state index contributed by atoms with van der Waals surface area (Å²) in [6.45, 7) is 4.84. The predicted octanol–water partition coefficient (Wildman–Crippen LogP) is 4.39. The van der Waals surface area contributed by atoms with Crippen LogP contribution in [-0.4, -0.2) is 18.9 Å². The van der Waals surface area contributed by atoms with Crippen LogP contribution in [0.5, 0.6) is 0 Å². The molecule has 0 saturated heterocycles. The fraction of sp³-hybridized carbons (Fsp3) is 0.905. The highest BCUT2D eigenvalue weighted by Crippen LogP contribution is 2.67. The SMILES string of the molecule is COC(=O)[C@@H]1CC[C@@H]2[C@@H]3CC[C@H]4CC(=O)CC[C@]4(C)[C@H]3CC[C@@]21C. The lowest BCUT2D eigenvalue weighted by Crippen LogP contribution is -2.54. The minimum Gasteiger partial charge on any atom is -0.469 e. The van der Waals surface area contributed by atoms with Crippen LogP contribution in [-0.2, 0) is 14.3 Å². The van der Waals surface area contributed by atoms with Crippen LogP contribution in [0.1, 0.15) is 71.6 Å². The summed E-state index contributed by atoms with van der Waals surface area (Å²) in [5, 5.41) is 0. The molecule has 4 aliphatic rings. The maximum absolute atomic E-state index is 12.3. The summed E-state index contributed by atoms with van der Waals surface area (Å²) in [6.07, 6.45) is 9.82. The van der Waals surface area contributed by atoms with Gasteiger partial charge in [-0.05, 0) is 79.4 Å². The van der Waals surface area contributed by atoms with Gasteiger partial charge in [-0.15, -0.1) is 0 Å². The van der Waals surface area contributed by atoms with E-state index in [2.05, 4.69) is 13.8 Å². The molecule has 4 aliphatic carbocycles. The van der Waals surface area contributed by atoms with Crippen LogP contribution in [0.3, 0.4) is 0 Å². The first-order chi connectivity index (χ1) is 11.4. The first-order valence-electron chi connectivity index (χ1n) is 9.99. The summed E-state index contributed by atoms with van der Waals surface area (Å²) in [4.78, 5) is 24.3. The number of esters is 1. The van der Waals surface area contributed by atoms with Crippen LogP contribution in [0, 0.1) is 40.4 Å². The lowest BCUT2D eigenvalue weighted by molar-refractivity contribution is -0.157. The van der Waals surface area contributed by atoms with E-state index in [4.69, 9.17) is 4.74 Å². The van der Waals surface area contributed by atoms with Crippen LogP contribution in [0.4, 0.5) is 0 Å². The van der Waals surface area contributed by atoms with Crippen LogP contribution in [0.25, 0.3) is 0 Å². The lowest BCUT2D eigenvalue weighted by atomic mass is 9.45. The van der Waals surface area contributed by atoms with Crippen LogP contribution >= 0.6 is 0 Å². The van der Waals surface area contributed by atoms with E-state index < -0.39 is 0 Å². The van der Waals surface area contributed by atoms with Gasteiger partial charge in [0, 0.05) is 12.8 Å². The number of carbonyl (C=O) groups is 2. The highest BCUT2D eigenvalue weighted by Gasteiger charge is 2.61. The second-order valence-electron chi connectivity index (χ2n) is 9.60. The van der Waals surface area contributed by atoms with Gasteiger partial charge < -0.3 is 4.74 Å². The normalized spacial score (nSPS) is 50.6. The van der Waals surface area contributed by atoms with Gasteiger partial charge in [-0.2, -0.15) is 0 Å². The van der Waals surface area contributed by atoms with Crippen molar-refractivity contribution in [3.63, 3.8) is 0 Å². The molecule has 4 rings (SSSR count). The molecule has 0 N–H and O–H groups in total. The zero-order valence-electron chi connectivity index (χ0n) is 15.5. The molecule has 0 aromatic heterocycles. The number of rotatable bonds is 1. The van der Waals surface area contributed by atoms with Crippen molar-refractivity contribution in [3.05, 3.63) is 0 Å². The van der Waals surface area contributed by atoms with E-state index in [1.165, 1.54) is 32.8 Å². The third-order valence-corrected chi connectivity index (χ3v) is 8.97. The van der Waals surface area contributed by atoms with Gasteiger partial charge in [0.1, 0.15) is 5.78 Å². The third kappa shape index (κ3) is 2.15. The number of hydrogen-bond donors (Lipinski definition) is 0. The van der Waals surface area contributed by atoms with E-state index in [-0.39, 0.29) is 17.3 Å². The largest absolute Gasteiger partial charge is 0.469 e. The molecule has 134 valence electrons. The molecule has 3 heteroatoms. The zero-order valence-corrected chi connectivity index (χ0v) is 15.5. The molecule has 0 aromatic rings. The fourth-order valence-corrected chi connectivity index (χ4v) is 7.57. The average Bonchev–Trinajstić information content (AvgIpc) is 2.92. The van der Waals surface area contributed by atoms with E-state index in [0.29, 0.717) is 23.0 Å². The monoisotopic (exact) mass is 332 g/mol. The lowest BCUT2D eigenvalue weighted by Gasteiger charge is -2.60. The number of Topliss-reactive ketones (excluding diaryl/α,β-unsaturated/α-hetero) is 1. The van der Waals surface area contributed by atoms with Gasteiger partial charge in [-0.1, -0.05) is 13.8 Å². The van der Waals surface area contributed by atoms with Crippen LogP contribution in [0.2, 0.25) is 0 Å². The number of hydrogen-bond acceptors (Lipinski definition) is 3. The molecule has 4 fully saturated rings. The molecule has 3 nitrogen and oxygen atoms in total. The highest BCUT2D eigenvalue weighted by molar-refractivity contribution is 5.79.